The smallest absolute Gasteiger partial charge is 0.0409 e. The number of aryl methyl sites for hydroxylation is 1. The van der Waals surface area contributed by atoms with E-state index < -0.39 is 0 Å². The summed E-state index contributed by atoms with van der Waals surface area (Å²) in [6.45, 7) is 0. The van der Waals surface area contributed by atoms with Crippen molar-refractivity contribution in [3.63, 3.8) is 0 Å². The van der Waals surface area contributed by atoms with Crippen molar-refractivity contribution in [3.05, 3.63) is 34.3 Å². The predicted octanol–water partition coefficient (Wildman–Crippen LogP) is 3.86. The Balaban J connectivity index is 1.90. The second kappa shape index (κ2) is 4.38. The highest BCUT2D eigenvalue weighted by molar-refractivity contribution is 6.30. The van der Waals surface area contributed by atoms with Crippen LogP contribution in [0.15, 0.2) is 18.2 Å². The third-order valence-electron chi connectivity index (χ3n) is 3.69. The summed E-state index contributed by atoms with van der Waals surface area (Å²) in [4.78, 5) is 0. The topological polar surface area (TPSA) is 12.0 Å². The fraction of sp³-hybridized carbons (Fsp3) is 0.571. The average Bonchev–Trinajstić information content (AvgIpc) is 3.08. The first-order valence-corrected chi connectivity index (χ1v) is 6.75. The van der Waals surface area contributed by atoms with Crippen LogP contribution < -0.4 is 5.32 Å². The molecule has 1 aromatic carbocycles. The van der Waals surface area contributed by atoms with Crippen LogP contribution in [0.1, 0.15) is 49.3 Å². The maximum atomic E-state index is 6.12. The predicted molar refractivity (Wildman–Crippen MR) is 67.9 cm³/mol. The van der Waals surface area contributed by atoms with Gasteiger partial charge in [0.1, 0.15) is 0 Å². The van der Waals surface area contributed by atoms with Crippen LogP contribution in [0.4, 0.5) is 0 Å². The summed E-state index contributed by atoms with van der Waals surface area (Å²) in [6, 6.07) is 7.73. The minimum Gasteiger partial charge on any atom is -0.307 e. The highest BCUT2D eigenvalue weighted by Gasteiger charge is 2.27. The fourth-order valence-electron chi connectivity index (χ4n) is 2.64. The second-order valence-corrected chi connectivity index (χ2v) is 5.52. The van der Waals surface area contributed by atoms with Crippen LogP contribution in [0, 0.1) is 0 Å². The molecule has 1 atom stereocenters. The van der Waals surface area contributed by atoms with Gasteiger partial charge in [0.05, 0.1) is 0 Å². The number of fused-ring (bicyclic) bond motifs is 1. The highest BCUT2D eigenvalue weighted by atomic mass is 35.5. The van der Waals surface area contributed by atoms with Crippen LogP contribution >= 0.6 is 11.6 Å². The molecule has 2 heteroatoms. The van der Waals surface area contributed by atoms with E-state index in [1.807, 2.05) is 6.07 Å². The number of hydrogen-bond donors (Lipinski definition) is 1. The number of nitrogens with one attached hydrogen (secondary N) is 1. The lowest BCUT2D eigenvalue weighted by Crippen LogP contribution is -2.23. The third-order valence-corrected chi connectivity index (χ3v) is 3.92. The minimum atomic E-state index is 0.545. The van der Waals surface area contributed by atoms with Crippen LogP contribution in [-0.4, -0.2) is 6.04 Å². The van der Waals surface area contributed by atoms with Crippen molar-refractivity contribution in [2.45, 2.75) is 50.6 Å². The van der Waals surface area contributed by atoms with Gasteiger partial charge in [-0.05, 0) is 55.4 Å². The van der Waals surface area contributed by atoms with E-state index in [0.29, 0.717) is 6.04 Å². The van der Waals surface area contributed by atoms with Gasteiger partial charge in [-0.3, -0.25) is 0 Å². The Hall–Kier alpha value is -0.530. The Kier molecular flexibility index (Phi) is 2.91. The summed E-state index contributed by atoms with van der Waals surface area (Å²) in [5, 5.41) is 4.64. The molecule has 0 saturated heterocycles. The van der Waals surface area contributed by atoms with E-state index in [1.54, 1.807) is 0 Å². The summed E-state index contributed by atoms with van der Waals surface area (Å²) in [7, 11) is 0. The van der Waals surface area contributed by atoms with Crippen LogP contribution in [0.3, 0.4) is 0 Å². The lowest BCUT2D eigenvalue weighted by Gasteiger charge is -2.19. The van der Waals surface area contributed by atoms with Crippen molar-refractivity contribution >= 4 is 11.6 Å². The van der Waals surface area contributed by atoms with Crippen LogP contribution in [-0.2, 0) is 6.42 Å². The molecule has 0 radical (unpaired) electrons. The molecule has 1 unspecified atom stereocenters. The lowest BCUT2D eigenvalue weighted by molar-refractivity contribution is 0.487. The molecule has 1 fully saturated rings. The highest BCUT2D eigenvalue weighted by Crippen LogP contribution is 2.33. The van der Waals surface area contributed by atoms with Gasteiger partial charge >= 0.3 is 0 Å². The molecule has 1 nitrogen and oxygen atoms in total. The standard InChI is InChI=1S/C14H18ClN/c15-11-6-5-10-3-1-2-4-14(13(10)9-11)16-12-7-8-12/h5-6,9,12,14,16H,1-4,7-8H2. The molecule has 0 amide bonds. The molecule has 0 bridgehead atoms. The largest absolute Gasteiger partial charge is 0.307 e. The van der Waals surface area contributed by atoms with E-state index in [9.17, 15) is 0 Å². The monoisotopic (exact) mass is 235 g/mol. The van der Waals surface area contributed by atoms with Gasteiger partial charge in [0.2, 0.25) is 0 Å². The summed E-state index contributed by atoms with van der Waals surface area (Å²) in [5.74, 6) is 0. The summed E-state index contributed by atoms with van der Waals surface area (Å²) in [5.41, 5.74) is 2.96. The van der Waals surface area contributed by atoms with Crippen molar-refractivity contribution in [2.24, 2.45) is 0 Å². The van der Waals surface area contributed by atoms with Gasteiger partial charge in [-0.25, -0.2) is 0 Å². The molecule has 2 aliphatic rings. The summed E-state index contributed by atoms with van der Waals surface area (Å²) in [6.07, 6.45) is 7.84. The molecule has 16 heavy (non-hydrogen) atoms. The van der Waals surface area contributed by atoms with E-state index in [0.717, 1.165) is 11.1 Å². The molecule has 0 spiro atoms. The van der Waals surface area contributed by atoms with E-state index in [4.69, 9.17) is 11.6 Å². The van der Waals surface area contributed by atoms with Gasteiger partial charge in [-0.1, -0.05) is 24.1 Å². The van der Waals surface area contributed by atoms with Crippen molar-refractivity contribution in [3.8, 4) is 0 Å². The van der Waals surface area contributed by atoms with E-state index in [-0.39, 0.29) is 0 Å². The Morgan fingerprint density at radius 2 is 2.00 bits per heavy atom. The molecule has 1 aromatic rings. The first-order valence-electron chi connectivity index (χ1n) is 6.37. The van der Waals surface area contributed by atoms with E-state index in [1.165, 1.54) is 49.7 Å². The van der Waals surface area contributed by atoms with Gasteiger partial charge < -0.3 is 5.32 Å². The Labute approximate surface area is 102 Å². The molecule has 1 saturated carbocycles. The normalized spacial score (nSPS) is 24.9. The van der Waals surface area contributed by atoms with Crippen LogP contribution in [0.2, 0.25) is 5.02 Å². The maximum absolute atomic E-state index is 6.12. The molecular weight excluding hydrogens is 218 g/mol. The van der Waals surface area contributed by atoms with Crippen molar-refractivity contribution in [2.75, 3.05) is 0 Å². The summed E-state index contributed by atoms with van der Waals surface area (Å²) < 4.78 is 0. The molecule has 1 N–H and O–H groups in total. The van der Waals surface area contributed by atoms with E-state index >= 15 is 0 Å². The molecule has 3 rings (SSSR count). The first-order chi connectivity index (χ1) is 7.83. The van der Waals surface area contributed by atoms with Gasteiger partial charge in [0.15, 0.2) is 0 Å². The van der Waals surface area contributed by atoms with Gasteiger partial charge in [0, 0.05) is 17.1 Å². The number of rotatable bonds is 2. The van der Waals surface area contributed by atoms with E-state index in [2.05, 4.69) is 17.4 Å². The lowest BCUT2D eigenvalue weighted by atomic mass is 9.99. The van der Waals surface area contributed by atoms with Gasteiger partial charge in [-0.15, -0.1) is 0 Å². The van der Waals surface area contributed by atoms with Crippen molar-refractivity contribution < 1.29 is 0 Å². The average molecular weight is 236 g/mol. The number of halogens is 1. The quantitative estimate of drug-likeness (QED) is 0.768. The molecule has 2 aliphatic carbocycles. The zero-order valence-corrected chi connectivity index (χ0v) is 10.3. The SMILES string of the molecule is Clc1ccc2c(c1)C(NC1CC1)CCCC2. The van der Waals surface area contributed by atoms with Crippen molar-refractivity contribution in [1.29, 1.82) is 0 Å². The van der Waals surface area contributed by atoms with Crippen molar-refractivity contribution in [1.82, 2.24) is 5.32 Å². The third kappa shape index (κ3) is 2.26. The van der Waals surface area contributed by atoms with Gasteiger partial charge in [0.25, 0.3) is 0 Å². The molecule has 0 aromatic heterocycles. The molecule has 0 heterocycles. The molecular formula is C14H18ClN. The maximum Gasteiger partial charge on any atom is 0.0409 e. The van der Waals surface area contributed by atoms with Gasteiger partial charge in [-0.2, -0.15) is 0 Å². The zero-order valence-electron chi connectivity index (χ0n) is 9.51. The Bertz CT molecular complexity index is 384. The second-order valence-electron chi connectivity index (χ2n) is 5.08. The van der Waals surface area contributed by atoms with Crippen LogP contribution in [0.25, 0.3) is 0 Å². The minimum absolute atomic E-state index is 0.545. The number of hydrogen-bond acceptors (Lipinski definition) is 1. The zero-order chi connectivity index (χ0) is 11.0. The molecule has 0 aliphatic heterocycles. The number of benzene rings is 1. The van der Waals surface area contributed by atoms with Crippen LogP contribution in [0.5, 0.6) is 0 Å². The Morgan fingerprint density at radius 3 is 2.81 bits per heavy atom. The molecule has 86 valence electrons. The summed E-state index contributed by atoms with van der Waals surface area (Å²) >= 11 is 6.12. The fourth-order valence-corrected chi connectivity index (χ4v) is 2.83. The Morgan fingerprint density at radius 1 is 1.12 bits per heavy atom. The first kappa shape index (κ1) is 10.6.